The number of carbonyl (C=O) groups excluding carboxylic acids is 2. The molecule has 0 amide bonds. The minimum atomic E-state index is -0.515. The van der Waals surface area contributed by atoms with Crippen molar-refractivity contribution < 1.29 is 28.5 Å². The third kappa shape index (κ3) is 6.44. The molecule has 0 spiro atoms. The van der Waals surface area contributed by atoms with Gasteiger partial charge < -0.3 is 18.9 Å². The van der Waals surface area contributed by atoms with Crippen LogP contribution in [0.3, 0.4) is 0 Å². The zero-order valence-electron chi connectivity index (χ0n) is 20.2. The highest BCUT2D eigenvalue weighted by Gasteiger charge is 2.12. The average molecular weight is 503 g/mol. The monoisotopic (exact) mass is 502 g/mol. The van der Waals surface area contributed by atoms with E-state index in [2.05, 4.69) is 0 Å². The van der Waals surface area contributed by atoms with E-state index in [9.17, 15) is 9.59 Å². The first-order valence-electron chi connectivity index (χ1n) is 11.8. The van der Waals surface area contributed by atoms with Gasteiger partial charge in [-0.25, -0.2) is 9.59 Å². The highest BCUT2D eigenvalue weighted by atomic mass is 16.5. The largest absolute Gasteiger partial charge is 0.457 e. The fourth-order valence-corrected chi connectivity index (χ4v) is 3.48. The zero-order valence-corrected chi connectivity index (χ0v) is 20.2. The van der Waals surface area contributed by atoms with Gasteiger partial charge in [-0.3, -0.25) is 0 Å². The Balaban J connectivity index is 1.14. The normalized spacial score (nSPS) is 10.3. The van der Waals surface area contributed by atoms with E-state index in [0.29, 0.717) is 45.6 Å². The van der Waals surface area contributed by atoms with Gasteiger partial charge in [0.2, 0.25) is 0 Å². The molecule has 0 unspecified atom stereocenters. The predicted octanol–water partition coefficient (Wildman–Crippen LogP) is 7.71. The molecule has 0 aliphatic carbocycles. The second-order valence-electron chi connectivity index (χ2n) is 8.13. The zero-order chi connectivity index (χ0) is 26.2. The molecule has 0 bridgehead atoms. The molecule has 0 radical (unpaired) electrons. The van der Waals surface area contributed by atoms with E-state index >= 15 is 0 Å². The maximum Gasteiger partial charge on any atom is 0.343 e. The lowest BCUT2D eigenvalue weighted by molar-refractivity contribution is 0.0719. The van der Waals surface area contributed by atoms with Crippen molar-refractivity contribution in [2.45, 2.75) is 0 Å². The fourth-order valence-electron chi connectivity index (χ4n) is 3.48. The molecule has 0 aliphatic rings. The van der Waals surface area contributed by atoms with Gasteiger partial charge in [0.15, 0.2) is 0 Å². The molecule has 0 heterocycles. The molecular weight excluding hydrogens is 480 g/mol. The molecule has 0 aromatic heterocycles. The lowest BCUT2D eigenvalue weighted by Gasteiger charge is -2.09. The van der Waals surface area contributed by atoms with Crippen LogP contribution >= 0.6 is 0 Å². The Kier molecular flexibility index (Phi) is 7.42. The van der Waals surface area contributed by atoms with Crippen LogP contribution in [0.2, 0.25) is 0 Å². The molecule has 5 aromatic rings. The highest BCUT2D eigenvalue weighted by molar-refractivity contribution is 5.92. The molecule has 0 atom stereocenters. The molecule has 0 saturated heterocycles. The van der Waals surface area contributed by atoms with E-state index in [1.54, 1.807) is 72.8 Å². The van der Waals surface area contributed by atoms with E-state index in [-0.39, 0.29) is 0 Å². The first-order valence-corrected chi connectivity index (χ1v) is 11.8. The summed E-state index contributed by atoms with van der Waals surface area (Å²) in [5, 5.41) is 0. The second-order valence-corrected chi connectivity index (χ2v) is 8.13. The van der Waals surface area contributed by atoms with Crippen LogP contribution in [0, 0.1) is 0 Å². The van der Waals surface area contributed by atoms with Gasteiger partial charge in [-0.2, -0.15) is 0 Å². The van der Waals surface area contributed by atoms with Crippen LogP contribution < -0.4 is 18.9 Å². The molecule has 38 heavy (non-hydrogen) atoms. The lowest BCUT2D eigenvalue weighted by Crippen LogP contribution is -2.09. The van der Waals surface area contributed by atoms with Crippen LogP contribution in [0.4, 0.5) is 0 Å². The van der Waals surface area contributed by atoms with Crippen LogP contribution in [-0.4, -0.2) is 11.9 Å². The van der Waals surface area contributed by atoms with Crippen molar-refractivity contribution in [3.8, 4) is 34.5 Å². The summed E-state index contributed by atoms with van der Waals surface area (Å²) in [6.45, 7) is 0. The van der Waals surface area contributed by atoms with Crippen molar-refractivity contribution in [2.75, 3.05) is 0 Å². The van der Waals surface area contributed by atoms with Gasteiger partial charge in [-0.1, -0.05) is 36.4 Å². The van der Waals surface area contributed by atoms with Crippen LogP contribution in [0.5, 0.6) is 34.5 Å². The van der Waals surface area contributed by atoms with Crippen molar-refractivity contribution in [1.29, 1.82) is 0 Å². The molecule has 0 saturated carbocycles. The average Bonchev–Trinajstić information content (AvgIpc) is 2.96. The maximum atomic E-state index is 12.5. The quantitative estimate of drug-likeness (QED) is 0.160. The van der Waals surface area contributed by atoms with Crippen LogP contribution in [0.15, 0.2) is 133 Å². The number of carbonyl (C=O) groups is 2. The Hall–Kier alpha value is -5.36. The maximum absolute atomic E-state index is 12.5. The van der Waals surface area contributed by atoms with Gasteiger partial charge in [0.25, 0.3) is 0 Å². The fraction of sp³-hybridized carbons (Fsp3) is 0. The van der Waals surface area contributed by atoms with Crippen molar-refractivity contribution in [3.05, 3.63) is 145 Å². The highest BCUT2D eigenvalue weighted by Crippen LogP contribution is 2.24. The molecule has 186 valence electrons. The summed E-state index contributed by atoms with van der Waals surface area (Å²) in [5.41, 5.74) is 0.751. The van der Waals surface area contributed by atoms with Gasteiger partial charge >= 0.3 is 11.9 Å². The number of ether oxygens (including phenoxy) is 4. The summed E-state index contributed by atoms with van der Waals surface area (Å²) in [4.78, 5) is 25.0. The number of benzene rings is 5. The van der Waals surface area contributed by atoms with Gasteiger partial charge in [-0.05, 0) is 97.1 Å². The third-order valence-electron chi connectivity index (χ3n) is 5.38. The number of rotatable bonds is 8. The molecule has 5 aromatic carbocycles. The molecule has 6 nitrogen and oxygen atoms in total. The Morgan fingerprint density at radius 3 is 0.974 bits per heavy atom. The van der Waals surface area contributed by atoms with Crippen LogP contribution in [0.1, 0.15) is 20.7 Å². The Labute approximate surface area is 219 Å². The van der Waals surface area contributed by atoms with Crippen molar-refractivity contribution in [1.82, 2.24) is 0 Å². The topological polar surface area (TPSA) is 71.1 Å². The van der Waals surface area contributed by atoms with Gasteiger partial charge in [0.05, 0.1) is 11.1 Å². The van der Waals surface area contributed by atoms with E-state index < -0.39 is 11.9 Å². The molecule has 0 N–H and O–H groups in total. The molecule has 5 rings (SSSR count). The smallest absolute Gasteiger partial charge is 0.343 e. The van der Waals surface area contributed by atoms with Crippen molar-refractivity contribution >= 4 is 11.9 Å². The predicted molar refractivity (Wildman–Crippen MR) is 142 cm³/mol. The summed E-state index contributed by atoms with van der Waals surface area (Å²) >= 11 is 0. The number of para-hydroxylation sites is 2. The van der Waals surface area contributed by atoms with Crippen LogP contribution in [-0.2, 0) is 0 Å². The molecule has 0 fully saturated rings. The first-order chi connectivity index (χ1) is 18.6. The Morgan fingerprint density at radius 1 is 0.342 bits per heavy atom. The second kappa shape index (κ2) is 11.6. The number of hydrogen-bond acceptors (Lipinski definition) is 6. The summed E-state index contributed by atoms with van der Waals surface area (Å²) < 4.78 is 22.3. The van der Waals surface area contributed by atoms with Gasteiger partial charge in [-0.15, -0.1) is 0 Å². The number of hydrogen-bond donors (Lipinski definition) is 0. The summed E-state index contributed by atoms with van der Waals surface area (Å²) in [6.07, 6.45) is 0. The Morgan fingerprint density at radius 2 is 0.632 bits per heavy atom. The molecule has 6 heteroatoms. The minimum absolute atomic E-state index is 0.321. The third-order valence-corrected chi connectivity index (χ3v) is 5.38. The van der Waals surface area contributed by atoms with Crippen molar-refractivity contribution in [2.24, 2.45) is 0 Å². The molecule has 0 aliphatic heterocycles. The summed E-state index contributed by atoms with van der Waals surface area (Å²) in [5.74, 6) is 2.24. The van der Waals surface area contributed by atoms with E-state index in [0.717, 1.165) is 0 Å². The first kappa shape index (κ1) is 24.3. The van der Waals surface area contributed by atoms with E-state index in [1.807, 2.05) is 60.7 Å². The molecular formula is C32H22O6. The van der Waals surface area contributed by atoms with Gasteiger partial charge in [0, 0.05) is 0 Å². The Bertz CT molecular complexity index is 1380. The summed E-state index contributed by atoms with van der Waals surface area (Å²) in [7, 11) is 0. The van der Waals surface area contributed by atoms with E-state index in [1.165, 1.54) is 0 Å². The SMILES string of the molecule is O=C(Oc1ccc(OC(=O)c2ccc(Oc3ccccc3)cc2)cc1)c1ccc(Oc2ccccc2)cc1. The number of esters is 2. The minimum Gasteiger partial charge on any atom is -0.457 e. The van der Waals surface area contributed by atoms with E-state index in [4.69, 9.17) is 18.9 Å². The van der Waals surface area contributed by atoms with Crippen LogP contribution in [0.25, 0.3) is 0 Å². The summed E-state index contributed by atoms with van der Waals surface area (Å²) in [6, 6.07) is 38.3. The standard InChI is InChI=1S/C32H22O6/c33-31(23-11-15-27(16-12-23)35-25-7-3-1-4-8-25)37-29-19-21-30(22-20-29)38-32(34)24-13-17-28(18-14-24)36-26-9-5-2-6-10-26/h1-22H. The lowest BCUT2D eigenvalue weighted by atomic mass is 10.2. The van der Waals surface area contributed by atoms with Gasteiger partial charge in [0.1, 0.15) is 34.5 Å². The van der Waals surface area contributed by atoms with Crippen molar-refractivity contribution in [3.63, 3.8) is 0 Å².